The van der Waals surface area contributed by atoms with E-state index in [-0.39, 0.29) is 5.91 Å². The van der Waals surface area contributed by atoms with E-state index in [1.165, 1.54) is 0 Å². The molecule has 0 spiro atoms. The van der Waals surface area contributed by atoms with Gasteiger partial charge in [0.1, 0.15) is 11.3 Å². The topological polar surface area (TPSA) is 64.8 Å². The number of fused-ring (bicyclic) bond motifs is 1. The van der Waals surface area contributed by atoms with Gasteiger partial charge in [0.25, 0.3) is 5.91 Å². The molecule has 3 heterocycles. The predicted molar refractivity (Wildman–Crippen MR) is 101 cm³/mol. The van der Waals surface area contributed by atoms with E-state index >= 15 is 0 Å². The molecule has 5 heteroatoms. The van der Waals surface area contributed by atoms with E-state index in [9.17, 15) is 4.79 Å². The standard InChI is InChI=1S/C20H26N4O/c1-13(2)11-24(12-14(3)4)20(25)18-9-15(10-23-18)16-5-7-21-19-17(16)6-8-22-19/h5-10,13-14,23H,11-12H2,1-4H3,(H,21,22). The summed E-state index contributed by atoms with van der Waals surface area (Å²) in [6.07, 6.45) is 5.57. The fourth-order valence-electron chi connectivity index (χ4n) is 3.18. The normalized spacial score (nSPS) is 11.6. The molecule has 25 heavy (non-hydrogen) atoms. The van der Waals surface area contributed by atoms with Gasteiger partial charge in [0.05, 0.1) is 0 Å². The van der Waals surface area contributed by atoms with Crippen molar-refractivity contribution in [3.63, 3.8) is 0 Å². The quantitative estimate of drug-likeness (QED) is 0.703. The Balaban J connectivity index is 1.89. The third-order valence-electron chi connectivity index (χ3n) is 4.14. The Bertz CT molecular complexity index is 849. The molecular weight excluding hydrogens is 312 g/mol. The molecular formula is C20H26N4O. The molecule has 132 valence electrons. The Morgan fingerprint density at radius 2 is 1.84 bits per heavy atom. The van der Waals surface area contributed by atoms with Crippen LogP contribution >= 0.6 is 0 Å². The maximum Gasteiger partial charge on any atom is 0.270 e. The van der Waals surface area contributed by atoms with E-state index < -0.39 is 0 Å². The molecule has 0 saturated carbocycles. The minimum Gasteiger partial charge on any atom is -0.357 e. The third-order valence-corrected chi connectivity index (χ3v) is 4.14. The molecule has 0 radical (unpaired) electrons. The Labute approximate surface area is 148 Å². The number of rotatable bonds is 6. The second kappa shape index (κ2) is 7.13. The van der Waals surface area contributed by atoms with Gasteiger partial charge in [-0.25, -0.2) is 4.98 Å². The first-order valence-electron chi connectivity index (χ1n) is 8.86. The van der Waals surface area contributed by atoms with Gasteiger partial charge >= 0.3 is 0 Å². The van der Waals surface area contributed by atoms with E-state index in [4.69, 9.17) is 0 Å². The van der Waals surface area contributed by atoms with E-state index in [2.05, 4.69) is 42.6 Å². The van der Waals surface area contributed by atoms with Gasteiger partial charge in [-0.05, 0) is 35.6 Å². The van der Waals surface area contributed by atoms with Crippen molar-refractivity contribution < 1.29 is 4.79 Å². The third kappa shape index (κ3) is 3.76. The Morgan fingerprint density at radius 1 is 1.12 bits per heavy atom. The van der Waals surface area contributed by atoms with Gasteiger partial charge in [0, 0.05) is 42.6 Å². The van der Waals surface area contributed by atoms with Crippen LogP contribution in [0.5, 0.6) is 0 Å². The van der Waals surface area contributed by atoms with Gasteiger partial charge in [0.15, 0.2) is 0 Å². The highest BCUT2D eigenvalue weighted by molar-refractivity contribution is 5.97. The molecule has 0 aromatic carbocycles. The number of H-pyrrole nitrogens is 2. The van der Waals surface area contributed by atoms with Crippen molar-refractivity contribution in [3.8, 4) is 11.1 Å². The molecule has 0 fully saturated rings. The first-order chi connectivity index (χ1) is 12.0. The highest BCUT2D eigenvalue weighted by Crippen LogP contribution is 2.27. The highest BCUT2D eigenvalue weighted by Gasteiger charge is 2.20. The lowest BCUT2D eigenvalue weighted by molar-refractivity contribution is 0.0710. The van der Waals surface area contributed by atoms with Gasteiger partial charge in [0.2, 0.25) is 0 Å². The number of amides is 1. The predicted octanol–water partition coefficient (Wildman–Crippen LogP) is 4.31. The summed E-state index contributed by atoms with van der Waals surface area (Å²) in [6, 6.07) is 5.93. The minimum atomic E-state index is 0.0630. The number of nitrogens with one attached hydrogen (secondary N) is 2. The fraction of sp³-hybridized carbons (Fsp3) is 0.400. The molecule has 2 N–H and O–H groups in total. The van der Waals surface area contributed by atoms with Crippen molar-refractivity contribution in [2.45, 2.75) is 27.7 Å². The maximum absolute atomic E-state index is 13.0. The number of carbonyl (C=O) groups excluding carboxylic acids is 1. The number of hydrogen-bond donors (Lipinski definition) is 2. The van der Waals surface area contributed by atoms with E-state index in [0.29, 0.717) is 17.5 Å². The van der Waals surface area contributed by atoms with Crippen molar-refractivity contribution >= 4 is 16.9 Å². The molecule has 0 unspecified atom stereocenters. The van der Waals surface area contributed by atoms with Crippen LogP contribution in [0.15, 0.2) is 36.8 Å². The minimum absolute atomic E-state index is 0.0630. The van der Waals surface area contributed by atoms with Crippen LogP contribution in [0.3, 0.4) is 0 Å². The molecule has 3 aromatic rings. The zero-order valence-corrected chi connectivity index (χ0v) is 15.3. The zero-order valence-electron chi connectivity index (χ0n) is 15.3. The smallest absolute Gasteiger partial charge is 0.270 e. The van der Waals surface area contributed by atoms with Crippen molar-refractivity contribution in [3.05, 3.63) is 42.5 Å². The Kier molecular flexibility index (Phi) is 4.93. The molecule has 1 amide bonds. The Hall–Kier alpha value is -2.56. The van der Waals surface area contributed by atoms with Gasteiger partial charge < -0.3 is 14.9 Å². The summed E-state index contributed by atoms with van der Waals surface area (Å²) in [5.74, 6) is 0.946. The number of nitrogens with zero attached hydrogens (tertiary/aromatic N) is 2. The zero-order chi connectivity index (χ0) is 18.0. The molecule has 3 aromatic heterocycles. The Morgan fingerprint density at radius 3 is 2.52 bits per heavy atom. The first kappa shape index (κ1) is 17.3. The molecule has 5 nitrogen and oxygen atoms in total. The van der Waals surface area contributed by atoms with Gasteiger partial charge in [-0.15, -0.1) is 0 Å². The second-order valence-corrected chi connectivity index (χ2v) is 7.40. The summed E-state index contributed by atoms with van der Waals surface area (Å²) in [5, 5.41) is 1.06. The lowest BCUT2D eigenvalue weighted by Crippen LogP contribution is -2.37. The van der Waals surface area contributed by atoms with Gasteiger partial charge in [-0.3, -0.25) is 4.79 Å². The lowest BCUT2D eigenvalue weighted by atomic mass is 10.1. The van der Waals surface area contributed by atoms with Gasteiger partial charge in [-0.1, -0.05) is 27.7 Å². The van der Waals surface area contributed by atoms with Crippen LogP contribution in [0.25, 0.3) is 22.2 Å². The summed E-state index contributed by atoms with van der Waals surface area (Å²) >= 11 is 0. The van der Waals surface area contributed by atoms with Crippen LogP contribution in [-0.2, 0) is 0 Å². The summed E-state index contributed by atoms with van der Waals surface area (Å²) < 4.78 is 0. The SMILES string of the molecule is CC(C)CN(CC(C)C)C(=O)c1cc(-c2ccnc3[nH]ccc23)c[nH]1. The van der Waals surface area contributed by atoms with Crippen molar-refractivity contribution in [2.24, 2.45) is 11.8 Å². The number of aromatic nitrogens is 3. The van der Waals surface area contributed by atoms with Gasteiger partial charge in [-0.2, -0.15) is 0 Å². The van der Waals surface area contributed by atoms with Crippen LogP contribution < -0.4 is 0 Å². The first-order valence-corrected chi connectivity index (χ1v) is 8.86. The van der Waals surface area contributed by atoms with Crippen molar-refractivity contribution in [2.75, 3.05) is 13.1 Å². The molecule has 0 bridgehead atoms. The number of carbonyl (C=O) groups is 1. The molecule has 3 rings (SSSR count). The molecule has 0 saturated heterocycles. The van der Waals surface area contributed by atoms with Crippen LogP contribution in [-0.4, -0.2) is 38.8 Å². The van der Waals surface area contributed by atoms with Crippen LogP contribution in [0.1, 0.15) is 38.2 Å². The van der Waals surface area contributed by atoms with Crippen molar-refractivity contribution in [1.82, 2.24) is 19.9 Å². The maximum atomic E-state index is 13.0. The monoisotopic (exact) mass is 338 g/mol. The summed E-state index contributed by atoms with van der Waals surface area (Å²) in [7, 11) is 0. The highest BCUT2D eigenvalue weighted by atomic mass is 16.2. The fourth-order valence-corrected chi connectivity index (χ4v) is 3.18. The summed E-state index contributed by atoms with van der Waals surface area (Å²) in [6.45, 7) is 10.1. The van der Waals surface area contributed by atoms with E-state index in [0.717, 1.165) is 35.2 Å². The van der Waals surface area contributed by atoms with Crippen molar-refractivity contribution in [1.29, 1.82) is 0 Å². The molecule has 0 aliphatic carbocycles. The second-order valence-electron chi connectivity index (χ2n) is 7.40. The summed E-state index contributed by atoms with van der Waals surface area (Å²) in [5.41, 5.74) is 3.56. The lowest BCUT2D eigenvalue weighted by Gasteiger charge is -2.25. The average molecular weight is 338 g/mol. The largest absolute Gasteiger partial charge is 0.357 e. The summed E-state index contributed by atoms with van der Waals surface area (Å²) in [4.78, 5) is 25.5. The molecule has 0 atom stereocenters. The number of pyridine rings is 1. The van der Waals surface area contributed by atoms with Crippen LogP contribution in [0.2, 0.25) is 0 Å². The van der Waals surface area contributed by atoms with E-state index in [1.54, 1.807) is 6.20 Å². The average Bonchev–Trinajstić information content (AvgIpc) is 3.21. The van der Waals surface area contributed by atoms with E-state index in [1.807, 2.05) is 35.5 Å². The molecule has 0 aliphatic rings. The van der Waals surface area contributed by atoms with Crippen LogP contribution in [0.4, 0.5) is 0 Å². The number of aromatic amines is 2. The molecule has 0 aliphatic heterocycles. The van der Waals surface area contributed by atoms with Crippen LogP contribution in [0, 0.1) is 11.8 Å². The number of hydrogen-bond acceptors (Lipinski definition) is 2.